The Morgan fingerprint density at radius 3 is 2.33 bits per heavy atom. The maximum atomic E-state index is 5.86. The number of nitrogens with zero attached hydrogens (tertiary/aromatic N) is 1. The Morgan fingerprint density at radius 2 is 2.00 bits per heavy atom. The first-order valence-corrected chi connectivity index (χ1v) is 4.19. The first-order chi connectivity index (χ1) is 5.00. The fourth-order valence-electron chi connectivity index (χ4n) is 0.764. The van der Waals surface area contributed by atoms with Crippen molar-refractivity contribution in [3.63, 3.8) is 0 Å². The number of nitrogens with two attached hydrogens (primary N) is 1. The van der Waals surface area contributed by atoms with Gasteiger partial charge in [-0.1, -0.05) is 0 Å². The first kappa shape index (κ1) is 11.9. The first-order valence-electron chi connectivity index (χ1n) is 3.40. The summed E-state index contributed by atoms with van der Waals surface area (Å²) < 4.78 is 0.966. The van der Waals surface area contributed by atoms with E-state index in [1.165, 1.54) is 0 Å². The van der Waals surface area contributed by atoms with Crippen LogP contribution in [0.15, 0.2) is 22.9 Å². The molecule has 1 aromatic heterocycles. The van der Waals surface area contributed by atoms with Crippen LogP contribution in [0.25, 0.3) is 0 Å². The van der Waals surface area contributed by atoms with Gasteiger partial charge in [0.05, 0.1) is 0 Å². The van der Waals surface area contributed by atoms with Crippen LogP contribution in [0.3, 0.4) is 0 Å². The summed E-state index contributed by atoms with van der Waals surface area (Å²) in [4.78, 5) is 4.02. The van der Waals surface area contributed by atoms with Crippen LogP contribution in [-0.4, -0.2) is 4.98 Å². The highest BCUT2D eigenvalue weighted by Gasteiger charge is 2.13. The van der Waals surface area contributed by atoms with E-state index in [1.54, 1.807) is 12.4 Å². The van der Waals surface area contributed by atoms with E-state index in [-0.39, 0.29) is 17.9 Å². The molecular weight excluding hydrogens is 239 g/mol. The van der Waals surface area contributed by atoms with Gasteiger partial charge in [0.2, 0.25) is 0 Å². The molecule has 0 bridgehead atoms. The molecule has 0 saturated heterocycles. The van der Waals surface area contributed by atoms with Crippen LogP contribution < -0.4 is 5.73 Å². The van der Waals surface area contributed by atoms with Crippen LogP contribution in [0.1, 0.15) is 19.4 Å². The Bertz CT molecular complexity index is 257. The van der Waals surface area contributed by atoms with Gasteiger partial charge in [-0.15, -0.1) is 12.4 Å². The Morgan fingerprint density at radius 1 is 1.42 bits per heavy atom. The minimum Gasteiger partial charge on any atom is -0.322 e. The summed E-state index contributed by atoms with van der Waals surface area (Å²) in [7, 11) is 0. The molecule has 0 saturated carbocycles. The highest BCUT2D eigenvalue weighted by molar-refractivity contribution is 9.10. The van der Waals surface area contributed by atoms with E-state index in [4.69, 9.17) is 5.73 Å². The summed E-state index contributed by atoms with van der Waals surface area (Å²) in [5.41, 5.74) is 6.59. The third-order valence-electron chi connectivity index (χ3n) is 1.45. The standard InChI is InChI=1S/C8H11BrN2.ClH/c1-8(2,10)6-3-7(9)5-11-4-6;/h3-5H,10H2,1-2H3;1H. The van der Waals surface area contributed by atoms with Gasteiger partial charge in [-0.2, -0.15) is 0 Å². The average Bonchev–Trinajstić information content (AvgIpc) is 1.86. The van der Waals surface area contributed by atoms with Crippen LogP contribution in [0.5, 0.6) is 0 Å². The molecule has 4 heteroatoms. The second-order valence-corrected chi connectivity index (χ2v) is 4.03. The minimum atomic E-state index is -0.309. The third-order valence-corrected chi connectivity index (χ3v) is 1.88. The smallest absolute Gasteiger partial charge is 0.0410 e. The fraction of sp³-hybridized carbons (Fsp3) is 0.375. The van der Waals surface area contributed by atoms with Gasteiger partial charge in [-0.25, -0.2) is 0 Å². The largest absolute Gasteiger partial charge is 0.322 e. The lowest BCUT2D eigenvalue weighted by molar-refractivity contribution is 0.551. The lowest BCUT2D eigenvalue weighted by Gasteiger charge is -2.18. The van der Waals surface area contributed by atoms with Crippen LogP contribution in [-0.2, 0) is 5.54 Å². The predicted octanol–water partition coefficient (Wildman–Crippen LogP) is 2.46. The minimum absolute atomic E-state index is 0. The molecule has 0 aliphatic carbocycles. The molecule has 0 aromatic carbocycles. The number of rotatable bonds is 1. The van der Waals surface area contributed by atoms with E-state index < -0.39 is 0 Å². The summed E-state index contributed by atoms with van der Waals surface area (Å²) in [6, 6.07) is 1.98. The van der Waals surface area contributed by atoms with Crippen molar-refractivity contribution >= 4 is 28.3 Å². The molecule has 68 valence electrons. The molecule has 2 nitrogen and oxygen atoms in total. The van der Waals surface area contributed by atoms with Crippen molar-refractivity contribution in [1.29, 1.82) is 0 Å². The van der Waals surface area contributed by atoms with Crippen molar-refractivity contribution in [3.8, 4) is 0 Å². The van der Waals surface area contributed by atoms with E-state index in [1.807, 2.05) is 19.9 Å². The molecule has 0 spiro atoms. The fourth-order valence-corrected chi connectivity index (χ4v) is 1.13. The second kappa shape index (κ2) is 4.21. The van der Waals surface area contributed by atoms with Gasteiger partial charge in [-0.3, -0.25) is 4.98 Å². The van der Waals surface area contributed by atoms with Gasteiger partial charge < -0.3 is 5.73 Å². The lowest BCUT2D eigenvalue weighted by Crippen LogP contribution is -2.28. The van der Waals surface area contributed by atoms with E-state index in [0.29, 0.717) is 0 Å². The summed E-state index contributed by atoms with van der Waals surface area (Å²) in [5, 5.41) is 0. The quantitative estimate of drug-likeness (QED) is 0.833. The Balaban J connectivity index is 0.00000121. The number of hydrogen-bond donors (Lipinski definition) is 1. The Hall–Kier alpha value is -0.120. The van der Waals surface area contributed by atoms with Gasteiger partial charge in [0, 0.05) is 22.4 Å². The molecule has 1 aromatic rings. The summed E-state index contributed by atoms with van der Waals surface area (Å²) in [6.07, 6.45) is 3.53. The third kappa shape index (κ3) is 3.09. The molecule has 0 aliphatic heterocycles. The monoisotopic (exact) mass is 250 g/mol. The zero-order chi connectivity index (χ0) is 8.48. The molecule has 12 heavy (non-hydrogen) atoms. The van der Waals surface area contributed by atoms with Crippen LogP contribution in [0.2, 0.25) is 0 Å². The topological polar surface area (TPSA) is 38.9 Å². The van der Waals surface area contributed by atoms with E-state index in [2.05, 4.69) is 20.9 Å². The van der Waals surface area contributed by atoms with Crippen molar-refractivity contribution in [3.05, 3.63) is 28.5 Å². The highest BCUT2D eigenvalue weighted by atomic mass is 79.9. The average molecular weight is 252 g/mol. The lowest BCUT2D eigenvalue weighted by atomic mass is 9.98. The van der Waals surface area contributed by atoms with Gasteiger partial charge in [0.15, 0.2) is 0 Å². The molecule has 1 heterocycles. The number of hydrogen-bond acceptors (Lipinski definition) is 2. The van der Waals surface area contributed by atoms with Crippen molar-refractivity contribution in [2.24, 2.45) is 5.73 Å². The molecule has 0 atom stereocenters. The van der Waals surface area contributed by atoms with Gasteiger partial charge in [0.25, 0.3) is 0 Å². The van der Waals surface area contributed by atoms with Gasteiger partial charge >= 0.3 is 0 Å². The van der Waals surface area contributed by atoms with Crippen molar-refractivity contribution in [2.75, 3.05) is 0 Å². The summed E-state index contributed by atoms with van der Waals surface area (Å²) in [6.45, 7) is 3.91. The SMILES string of the molecule is CC(C)(N)c1cncc(Br)c1.Cl. The van der Waals surface area contributed by atoms with E-state index in [9.17, 15) is 0 Å². The molecule has 0 radical (unpaired) electrons. The second-order valence-electron chi connectivity index (χ2n) is 3.11. The van der Waals surface area contributed by atoms with Crippen LogP contribution >= 0.6 is 28.3 Å². The van der Waals surface area contributed by atoms with Crippen molar-refractivity contribution in [2.45, 2.75) is 19.4 Å². The van der Waals surface area contributed by atoms with Gasteiger partial charge in [0.1, 0.15) is 0 Å². The van der Waals surface area contributed by atoms with E-state index >= 15 is 0 Å². The van der Waals surface area contributed by atoms with Crippen LogP contribution in [0.4, 0.5) is 0 Å². The number of pyridine rings is 1. The molecule has 0 amide bonds. The zero-order valence-corrected chi connectivity index (χ0v) is 9.45. The van der Waals surface area contributed by atoms with Gasteiger partial charge in [-0.05, 0) is 41.4 Å². The Labute approximate surface area is 87.1 Å². The number of aromatic nitrogens is 1. The molecular formula is C8H12BrClN2. The Kier molecular flexibility index (Phi) is 4.17. The molecule has 0 unspecified atom stereocenters. The van der Waals surface area contributed by atoms with Crippen molar-refractivity contribution < 1.29 is 0 Å². The predicted molar refractivity (Wildman–Crippen MR) is 56.4 cm³/mol. The van der Waals surface area contributed by atoms with Crippen molar-refractivity contribution in [1.82, 2.24) is 4.98 Å². The zero-order valence-electron chi connectivity index (χ0n) is 7.04. The summed E-state index contributed by atoms with van der Waals surface area (Å²) in [5.74, 6) is 0. The maximum Gasteiger partial charge on any atom is 0.0410 e. The normalized spacial score (nSPS) is 10.7. The summed E-state index contributed by atoms with van der Waals surface area (Å²) >= 11 is 3.34. The molecule has 0 aliphatic rings. The maximum absolute atomic E-state index is 5.86. The highest BCUT2D eigenvalue weighted by Crippen LogP contribution is 2.18. The molecule has 2 N–H and O–H groups in total. The molecule has 1 rings (SSSR count). The van der Waals surface area contributed by atoms with E-state index in [0.717, 1.165) is 10.0 Å². The van der Waals surface area contributed by atoms with Crippen LogP contribution in [0, 0.1) is 0 Å². The molecule has 0 fully saturated rings. The number of halogens is 2.